The van der Waals surface area contributed by atoms with Crippen LogP contribution in [-0.2, 0) is 16.0 Å². The Labute approximate surface area is 230 Å². The third kappa shape index (κ3) is 7.70. The Bertz CT molecular complexity index is 1330. The van der Waals surface area contributed by atoms with Gasteiger partial charge in [0.2, 0.25) is 0 Å². The van der Waals surface area contributed by atoms with Gasteiger partial charge in [0.1, 0.15) is 17.4 Å². The molecule has 0 radical (unpaired) electrons. The molecule has 0 aliphatic heterocycles. The van der Waals surface area contributed by atoms with E-state index in [0.29, 0.717) is 30.4 Å². The second-order valence-corrected chi connectivity index (χ2v) is 9.84. The zero-order chi connectivity index (χ0) is 28.5. The molecule has 3 rings (SSSR count). The van der Waals surface area contributed by atoms with Crippen LogP contribution in [0.2, 0.25) is 0 Å². The second kappa shape index (κ2) is 14.0. The molecule has 0 saturated carbocycles. The quantitative estimate of drug-likeness (QED) is 0.176. The Morgan fingerprint density at radius 1 is 1.18 bits per heavy atom. The lowest BCUT2D eigenvalue weighted by molar-refractivity contribution is -0.132. The van der Waals surface area contributed by atoms with E-state index in [4.69, 9.17) is 14.6 Å². The Morgan fingerprint density at radius 3 is 2.49 bits per heavy atom. The van der Waals surface area contributed by atoms with E-state index >= 15 is 0 Å². The Hall–Kier alpha value is -3.63. The molecule has 10 heteroatoms. The van der Waals surface area contributed by atoms with Gasteiger partial charge in [0.05, 0.1) is 19.4 Å². The van der Waals surface area contributed by atoms with Gasteiger partial charge in [-0.25, -0.2) is 18.6 Å². The number of amides is 1. The number of nitrogens with one attached hydrogen (secondary N) is 1. The molecule has 2 N–H and O–H groups in total. The number of hydrogen-bond acceptors (Lipinski definition) is 6. The molecule has 0 aliphatic rings. The first kappa shape index (κ1) is 29.9. The third-order valence-corrected chi connectivity index (χ3v) is 7.12. The number of thiazole rings is 1. The van der Waals surface area contributed by atoms with E-state index < -0.39 is 29.1 Å². The van der Waals surface area contributed by atoms with E-state index in [1.165, 1.54) is 6.92 Å². The summed E-state index contributed by atoms with van der Waals surface area (Å²) >= 11 is 1.16. The van der Waals surface area contributed by atoms with Crippen molar-refractivity contribution in [1.29, 1.82) is 0 Å². The van der Waals surface area contributed by atoms with E-state index in [-0.39, 0.29) is 16.3 Å². The predicted octanol–water partition coefficient (Wildman–Crippen LogP) is 6.83. The van der Waals surface area contributed by atoms with Crippen molar-refractivity contribution >= 4 is 34.4 Å². The number of rotatable bonds is 13. The van der Waals surface area contributed by atoms with Crippen LogP contribution in [0.15, 0.2) is 41.3 Å². The normalized spacial score (nSPS) is 11.6. The van der Waals surface area contributed by atoms with Crippen LogP contribution >= 0.6 is 11.3 Å². The highest BCUT2D eigenvalue weighted by atomic mass is 32.1. The topological polar surface area (TPSA) is 97.8 Å². The SMILES string of the molecule is CCC(CC)COCCc1cccc(-c2csc(NC(=O)c3cc(F)c(C=C(C)C(=O)O)c(F)c3)n2)c1OC. The highest BCUT2D eigenvalue weighted by molar-refractivity contribution is 7.14. The highest BCUT2D eigenvalue weighted by Gasteiger charge is 2.18. The van der Waals surface area contributed by atoms with Crippen molar-refractivity contribution in [3.63, 3.8) is 0 Å². The fourth-order valence-electron chi connectivity index (χ4n) is 3.94. The van der Waals surface area contributed by atoms with E-state index in [1.54, 1.807) is 12.5 Å². The van der Waals surface area contributed by atoms with Crippen LogP contribution in [0.1, 0.15) is 55.1 Å². The first-order chi connectivity index (χ1) is 18.7. The summed E-state index contributed by atoms with van der Waals surface area (Å²) in [5, 5.41) is 13.5. The number of carboxylic acid groups (broad SMARTS) is 1. The standard InChI is InChI=1S/C29H32F2N2O5S/c1-5-18(6-2)15-38-11-10-19-8-7-9-21(26(19)37-4)25-16-39-29(32-25)33-27(34)20-13-23(30)22(24(31)14-20)12-17(3)28(35)36/h7-9,12-14,16,18H,5-6,10-11,15H2,1-4H3,(H,35,36)(H,32,33,34). The molecule has 39 heavy (non-hydrogen) atoms. The van der Waals surface area contributed by atoms with E-state index in [1.807, 2.05) is 18.2 Å². The van der Waals surface area contributed by atoms with Crippen molar-refractivity contribution in [2.45, 2.75) is 40.0 Å². The summed E-state index contributed by atoms with van der Waals surface area (Å²) in [6.07, 6.45) is 3.70. The number of anilines is 1. The first-order valence-corrected chi connectivity index (χ1v) is 13.5. The van der Waals surface area contributed by atoms with Gasteiger partial charge in [-0.1, -0.05) is 38.8 Å². The zero-order valence-corrected chi connectivity index (χ0v) is 23.2. The average Bonchev–Trinajstić information content (AvgIpc) is 3.38. The molecule has 0 saturated heterocycles. The molecule has 3 aromatic rings. The number of halogens is 2. The summed E-state index contributed by atoms with van der Waals surface area (Å²) in [5.74, 6) is -2.95. The van der Waals surface area contributed by atoms with Gasteiger partial charge in [0, 0.05) is 34.3 Å². The van der Waals surface area contributed by atoms with Gasteiger partial charge in [0.25, 0.3) is 5.91 Å². The molecular weight excluding hydrogens is 526 g/mol. The van der Waals surface area contributed by atoms with Crippen LogP contribution in [0.4, 0.5) is 13.9 Å². The van der Waals surface area contributed by atoms with Gasteiger partial charge in [-0.2, -0.15) is 0 Å². The molecule has 2 aromatic carbocycles. The van der Waals surface area contributed by atoms with Crippen molar-refractivity contribution in [3.8, 4) is 17.0 Å². The number of hydrogen-bond donors (Lipinski definition) is 2. The summed E-state index contributed by atoms with van der Waals surface area (Å²) in [6.45, 7) is 6.82. The molecule has 0 fully saturated rings. The van der Waals surface area contributed by atoms with Gasteiger partial charge in [-0.15, -0.1) is 11.3 Å². The summed E-state index contributed by atoms with van der Waals surface area (Å²) < 4.78 is 40.5. The van der Waals surface area contributed by atoms with Crippen molar-refractivity contribution in [1.82, 2.24) is 4.98 Å². The third-order valence-electron chi connectivity index (χ3n) is 6.36. The largest absolute Gasteiger partial charge is 0.496 e. The van der Waals surface area contributed by atoms with Crippen molar-refractivity contribution in [2.75, 3.05) is 25.6 Å². The number of benzene rings is 2. The molecular formula is C29H32F2N2O5S. The maximum Gasteiger partial charge on any atom is 0.331 e. The van der Waals surface area contributed by atoms with Crippen LogP contribution in [0.5, 0.6) is 5.75 Å². The highest BCUT2D eigenvalue weighted by Crippen LogP contribution is 2.35. The minimum atomic E-state index is -1.30. The van der Waals surface area contributed by atoms with Crippen LogP contribution in [0.25, 0.3) is 17.3 Å². The van der Waals surface area contributed by atoms with Crippen molar-refractivity contribution in [3.05, 3.63) is 69.6 Å². The number of methoxy groups -OCH3 is 1. The minimum absolute atomic E-state index is 0.238. The summed E-state index contributed by atoms with van der Waals surface area (Å²) in [5.41, 5.74) is 1.25. The van der Waals surface area contributed by atoms with E-state index in [0.717, 1.165) is 60.1 Å². The number of aromatic nitrogens is 1. The lowest BCUT2D eigenvalue weighted by Gasteiger charge is -2.15. The molecule has 7 nitrogen and oxygen atoms in total. The molecule has 1 aromatic heterocycles. The number of carboxylic acids is 1. The fraction of sp³-hybridized carbons (Fsp3) is 0.345. The lowest BCUT2D eigenvalue weighted by atomic mass is 10.0. The maximum absolute atomic E-state index is 14.5. The van der Waals surface area contributed by atoms with Crippen LogP contribution < -0.4 is 10.1 Å². The molecule has 1 amide bonds. The summed E-state index contributed by atoms with van der Waals surface area (Å²) in [7, 11) is 1.59. The fourth-order valence-corrected chi connectivity index (χ4v) is 4.64. The number of ether oxygens (including phenoxy) is 2. The van der Waals surface area contributed by atoms with Gasteiger partial charge in [0.15, 0.2) is 5.13 Å². The smallest absolute Gasteiger partial charge is 0.331 e. The molecule has 0 spiro atoms. The van der Waals surface area contributed by atoms with Gasteiger partial charge < -0.3 is 14.6 Å². The molecule has 208 valence electrons. The number of carbonyl (C=O) groups excluding carboxylic acids is 1. The summed E-state index contributed by atoms with van der Waals surface area (Å²) in [6, 6.07) is 7.44. The first-order valence-electron chi connectivity index (χ1n) is 12.6. The number of nitrogens with zero attached hydrogens (tertiary/aromatic N) is 1. The molecule has 0 unspecified atom stereocenters. The maximum atomic E-state index is 14.5. The molecule has 1 heterocycles. The van der Waals surface area contributed by atoms with Crippen LogP contribution in [0.3, 0.4) is 0 Å². The number of para-hydroxylation sites is 1. The lowest BCUT2D eigenvalue weighted by Crippen LogP contribution is -2.13. The Kier molecular flexibility index (Phi) is 10.7. The van der Waals surface area contributed by atoms with Gasteiger partial charge in [-0.3, -0.25) is 10.1 Å². The molecule has 0 atom stereocenters. The average molecular weight is 559 g/mol. The monoisotopic (exact) mass is 558 g/mol. The Morgan fingerprint density at radius 2 is 1.87 bits per heavy atom. The predicted molar refractivity (Wildman–Crippen MR) is 148 cm³/mol. The second-order valence-electron chi connectivity index (χ2n) is 8.98. The zero-order valence-electron chi connectivity index (χ0n) is 22.3. The van der Waals surface area contributed by atoms with Crippen molar-refractivity contribution < 1.29 is 33.0 Å². The van der Waals surface area contributed by atoms with Crippen LogP contribution in [0, 0.1) is 17.6 Å². The molecule has 0 bridgehead atoms. The minimum Gasteiger partial charge on any atom is -0.496 e. The summed E-state index contributed by atoms with van der Waals surface area (Å²) in [4.78, 5) is 28.1. The van der Waals surface area contributed by atoms with E-state index in [9.17, 15) is 18.4 Å². The number of carbonyl (C=O) groups is 2. The van der Waals surface area contributed by atoms with Crippen molar-refractivity contribution in [2.24, 2.45) is 5.92 Å². The van der Waals surface area contributed by atoms with E-state index in [2.05, 4.69) is 24.1 Å². The molecule has 0 aliphatic carbocycles. The van der Waals surface area contributed by atoms with Gasteiger partial charge in [-0.05, 0) is 49.1 Å². The number of aliphatic carboxylic acids is 1. The van der Waals surface area contributed by atoms with Gasteiger partial charge >= 0.3 is 5.97 Å². The van der Waals surface area contributed by atoms with Crippen LogP contribution in [-0.4, -0.2) is 42.3 Å². The Balaban J connectivity index is 1.74.